The standard InChI is InChI=1S/C10H11ClO3.Na/c11-9-3-1-7(2-4-9)8(6-12)5-10(13)14;/h1-4,8,12H,5-6H2,(H,13,14);. The van der Waals surface area contributed by atoms with Crippen LogP contribution in [0.2, 0.25) is 5.02 Å². The molecule has 0 aliphatic rings. The van der Waals surface area contributed by atoms with Crippen LogP contribution >= 0.6 is 11.6 Å². The maximum Gasteiger partial charge on any atom is 0.304 e. The third-order valence-electron chi connectivity index (χ3n) is 1.98. The maximum absolute atomic E-state index is 10.5. The number of hydrogen-bond donors (Lipinski definition) is 2. The summed E-state index contributed by atoms with van der Waals surface area (Å²) >= 11 is 5.69. The summed E-state index contributed by atoms with van der Waals surface area (Å²) < 4.78 is 0. The third-order valence-corrected chi connectivity index (χ3v) is 2.23. The maximum atomic E-state index is 10.5. The zero-order valence-electron chi connectivity index (χ0n) is 8.48. The van der Waals surface area contributed by atoms with Gasteiger partial charge in [0.05, 0.1) is 13.0 Å². The van der Waals surface area contributed by atoms with E-state index in [1.165, 1.54) is 0 Å². The summed E-state index contributed by atoms with van der Waals surface area (Å²) in [4.78, 5) is 10.5. The van der Waals surface area contributed by atoms with Crippen molar-refractivity contribution in [2.45, 2.75) is 12.3 Å². The third kappa shape index (κ3) is 5.00. The Balaban J connectivity index is 0.00000196. The molecule has 77 valence electrons. The van der Waals surface area contributed by atoms with Crippen molar-refractivity contribution in [1.29, 1.82) is 0 Å². The van der Waals surface area contributed by atoms with Crippen LogP contribution in [-0.2, 0) is 4.79 Å². The van der Waals surface area contributed by atoms with E-state index in [-0.39, 0.29) is 48.5 Å². The molecule has 0 amide bonds. The Morgan fingerprint density at radius 3 is 2.27 bits per heavy atom. The number of carbonyl (C=O) groups is 1. The van der Waals surface area contributed by atoms with Crippen LogP contribution in [0, 0.1) is 0 Å². The van der Waals surface area contributed by atoms with E-state index in [9.17, 15) is 4.79 Å². The summed E-state index contributed by atoms with van der Waals surface area (Å²) in [6.07, 6.45) is -0.0713. The molecule has 0 spiro atoms. The second-order valence-corrected chi connectivity index (χ2v) is 3.47. The summed E-state index contributed by atoms with van der Waals surface area (Å²) in [5, 5.41) is 18.2. The Kier molecular flexibility index (Phi) is 7.22. The normalized spacial score (nSPS) is 11.6. The van der Waals surface area contributed by atoms with E-state index in [4.69, 9.17) is 21.8 Å². The van der Waals surface area contributed by atoms with Crippen molar-refractivity contribution in [2.24, 2.45) is 0 Å². The number of carboxylic acids is 1. The molecule has 0 saturated carbocycles. The number of aliphatic hydroxyl groups excluding tert-OH is 1. The van der Waals surface area contributed by atoms with Gasteiger partial charge in [0.15, 0.2) is 0 Å². The fourth-order valence-electron chi connectivity index (χ4n) is 1.23. The van der Waals surface area contributed by atoms with Gasteiger partial charge in [0.1, 0.15) is 0 Å². The molecule has 1 aromatic carbocycles. The van der Waals surface area contributed by atoms with E-state index in [0.717, 1.165) is 5.56 Å². The van der Waals surface area contributed by atoms with Gasteiger partial charge in [-0.25, -0.2) is 0 Å². The van der Waals surface area contributed by atoms with Crippen LogP contribution in [0.3, 0.4) is 0 Å². The molecule has 15 heavy (non-hydrogen) atoms. The minimum atomic E-state index is -0.918. The minimum Gasteiger partial charge on any atom is -0.481 e. The number of aliphatic hydroxyl groups is 1. The molecular formula is C10H11ClNaO3. The monoisotopic (exact) mass is 237 g/mol. The summed E-state index contributed by atoms with van der Waals surface area (Å²) in [6, 6.07) is 6.82. The van der Waals surface area contributed by atoms with E-state index < -0.39 is 5.97 Å². The summed E-state index contributed by atoms with van der Waals surface area (Å²) in [7, 11) is 0. The number of hydrogen-bond acceptors (Lipinski definition) is 2. The summed E-state index contributed by atoms with van der Waals surface area (Å²) in [6.45, 7) is -0.173. The fraction of sp³-hybridized carbons (Fsp3) is 0.300. The Hall–Kier alpha value is -0.0600. The Labute approximate surface area is 115 Å². The SMILES string of the molecule is O=C(O)CC(CO)c1ccc(Cl)cc1.[Na]. The molecule has 1 rings (SSSR count). The molecule has 2 N–H and O–H groups in total. The zero-order valence-corrected chi connectivity index (χ0v) is 11.2. The molecule has 1 aromatic rings. The number of halogens is 1. The molecule has 0 aromatic heterocycles. The van der Waals surface area contributed by atoms with E-state index in [2.05, 4.69) is 0 Å². The molecule has 0 aliphatic heterocycles. The van der Waals surface area contributed by atoms with Crippen LogP contribution in [-0.4, -0.2) is 52.3 Å². The van der Waals surface area contributed by atoms with Gasteiger partial charge in [0.2, 0.25) is 0 Å². The molecular weight excluding hydrogens is 227 g/mol. The molecule has 1 radical (unpaired) electrons. The van der Waals surface area contributed by atoms with Gasteiger partial charge in [-0.3, -0.25) is 4.79 Å². The first kappa shape index (κ1) is 14.9. The Bertz CT molecular complexity index is 313. The molecule has 0 fully saturated rings. The van der Waals surface area contributed by atoms with Crippen LogP contribution in [0.1, 0.15) is 17.9 Å². The van der Waals surface area contributed by atoms with Gasteiger partial charge in [-0.15, -0.1) is 0 Å². The predicted octanol–water partition coefficient (Wildman–Crippen LogP) is 1.51. The quantitative estimate of drug-likeness (QED) is 0.781. The zero-order chi connectivity index (χ0) is 10.6. The Morgan fingerprint density at radius 2 is 1.87 bits per heavy atom. The van der Waals surface area contributed by atoms with Gasteiger partial charge in [0, 0.05) is 40.5 Å². The second kappa shape index (κ2) is 7.25. The van der Waals surface area contributed by atoms with Crippen molar-refractivity contribution in [3.05, 3.63) is 34.9 Å². The van der Waals surface area contributed by atoms with Crippen LogP contribution in [0.25, 0.3) is 0 Å². The Morgan fingerprint density at radius 1 is 1.33 bits per heavy atom. The van der Waals surface area contributed by atoms with E-state index in [1.54, 1.807) is 24.3 Å². The summed E-state index contributed by atoms with van der Waals surface area (Å²) in [5.41, 5.74) is 0.791. The smallest absolute Gasteiger partial charge is 0.304 e. The molecule has 1 atom stereocenters. The second-order valence-electron chi connectivity index (χ2n) is 3.03. The van der Waals surface area contributed by atoms with Gasteiger partial charge in [-0.2, -0.15) is 0 Å². The van der Waals surface area contributed by atoms with E-state index in [1.807, 2.05) is 0 Å². The number of aliphatic carboxylic acids is 1. The average Bonchev–Trinajstić information content (AvgIpc) is 2.15. The van der Waals surface area contributed by atoms with E-state index in [0.29, 0.717) is 5.02 Å². The van der Waals surface area contributed by atoms with Crippen LogP contribution in [0.15, 0.2) is 24.3 Å². The van der Waals surface area contributed by atoms with E-state index >= 15 is 0 Å². The van der Waals surface area contributed by atoms with Crippen molar-refractivity contribution in [1.82, 2.24) is 0 Å². The molecule has 0 saturated heterocycles. The van der Waals surface area contributed by atoms with Gasteiger partial charge in [0.25, 0.3) is 0 Å². The largest absolute Gasteiger partial charge is 0.481 e. The van der Waals surface area contributed by atoms with Gasteiger partial charge < -0.3 is 10.2 Å². The molecule has 0 bridgehead atoms. The van der Waals surface area contributed by atoms with Crippen molar-refractivity contribution >= 4 is 47.1 Å². The fourth-order valence-corrected chi connectivity index (χ4v) is 1.36. The summed E-state index contributed by atoms with van der Waals surface area (Å²) in [5.74, 6) is -1.27. The number of benzene rings is 1. The molecule has 0 aliphatic carbocycles. The number of carboxylic acid groups (broad SMARTS) is 1. The minimum absolute atomic E-state index is 0. The predicted molar refractivity (Wildman–Crippen MR) is 59.3 cm³/mol. The van der Waals surface area contributed by atoms with Crippen LogP contribution in [0.4, 0.5) is 0 Å². The molecule has 3 nitrogen and oxygen atoms in total. The average molecular weight is 238 g/mol. The topological polar surface area (TPSA) is 57.5 Å². The van der Waals surface area contributed by atoms with Crippen LogP contribution < -0.4 is 0 Å². The van der Waals surface area contributed by atoms with Crippen molar-refractivity contribution in [2.75, 3.05) is 6.61 Å². The first-order chi connectivity index (χ1) is 6.63. The van der Waals surface area contributed by atoms with Crippen LogP contribution in [0.5, 0.6) is 0 Å². The van der Waals surface area contributed by atoms with Gasteiger partial charge >= 0.3 is 5.97 Å². The first-order valence-corrected chi connectivity index (χ1v) is 4.59. The molecule has 1 unspecified atom stereocenters. The van der Waals surface area contributed by atoms with Crippen molar-refractivity contribution in [3.63, 3.8) is 0 Å². The number of rotatable bonds is 4. The van der Waals surface area contributed by atoms with Crippen molar-refractivity contribution < 1.29 is 15.0 Å². The van der Waals surface area contributed by atoms with Crippen molar-refractivity contribution in [3.8, 4) is 0 Å². The van der Waals surface area contributed by atoms with Gasteiger partial charge in [-0.05, 0) is 17.7 Å². The molecule has 5 heteroatoms. The first-order valence-electron chi connectivity index (χ1n) is 4.21. The van der Waals surface area contributed by atoms with Gasteiger partial charge in [-0.1, -0.05) is 23.7 Å². The molecule has 0 heterocycles.